The third-order valence-electron chi connectivity index (χ3n) is 7.26. The molecule has 0 spiro atoms. The molecule has 18 heteroatoms. The first kappa shape index (κ1) is 36.4. The Labute approximate surface area is 258 Å². The normalized spacial score (nSPS) is 21.5. The van der Waals surface area contributed by atoms with E-state index in [1.165, 1.54) is 0 Å². The van der Waals surface area contributed by atoms with E-state index in [4.69, 9.17) is 25.3 Å². The number of hydrogen-bond donors (Lipinski definition) is 4. The van der Waals surface area contributed by atoms with Crippen molar-refractivity contribution >= 4 is 24.1 Å². The van der Waals surface area contributed by atoms with Gasteiger partial charge in [-0.1, -0.05) is 15.5 Å². The molecule has 46 heavy (non-hydrogen) atoms. The number of aliphatic hydroxyl groups excluding tert-OH is 1. The molecule has 0 aliphatic heterocycles. The third-order valence-corrected chi connectivity index (χ3v) is 7.26. The molecule has 0 aromatic carbocycles. The summed E-state index contributed by atoms with van der Waals surface area (Å²) in [4.78, 5) is 31.5. The Morgan fingerprint density at radius 3 is 1.59 bits per heavy atom. The highest BCUT2D eigenvalue weighted by Crippen LogP contribution is 2.50. The number of alkyl halides is 5. The molecule has 5 fully saturated rings. The number of ether oxygens (including phenoxy) is 1. The number of carbonyl (C=O) groups excluding carboxylic acids is 1. The van der Waals surface area contributed by atoms with Gasteiger partial charge >= 0.3 is 17.9 Å². The van der Waals surface area contributed by atoms with Crippen molar-refractivity contribution in [1.29, 1.82) is 0 Å². The fraction of sp³-hybridized carbons (Fsp3) is 0.643. The molecule has 2 heterocycles. The average molecular weight is 668 g/mol. The molecule has 2 aromatic rings. The van der Waals surface area contributed by atoms with E-state index in [9.17, 15) is 36.3 Å². The van der Waals surface area contributed by atoms with Crippen LogP contribution in [-0.2, 0) is 20.9 Å². The Hall–Kier alpha value is -4.09. The maximum Gasteiger partial charge on any atom is 0.343 e. The maximum atomic E-state index is 13.6. The molecule has 256 valence electrons. The van der Waals surface area contributed by atoms with Gasteiger partial charge in [0, 0.05) is 0 Å². The predicted molar refractivity (Wildman–Crippen MR) is 144 cm³/mol. The van der Waals surface area contributed by atoms with E-state index in [0.717, 1.165) is 18.7 Å². The number of nitrogens with zero attached hydrogens (tertiary/aromatic N) is 3. The van der Waals surface area contributed by atoms with E-state index in [1.807, 2.05) is 0 Å². The first-order valence-electron chi connectivity index (χ1n) is 14.3. The van der Waals surface area contributed by atoms with Gasteiger partial charge in [-0.2, -0.15) is 0 Å². The van der Waals surface area contributed by atoms with Gasteiger partial charge in [0.15, 0.2) is 11.3 Å². The number of oxime groups is 1. The summed E-state index contributed by atoms with van der Waals surface area (Å²) in [5, 5.41) is 41.8. The molecule has 5 aliphatic carbocycles. The molecule has 13 nitrogen and oxygen atoms in total. The molecule has 0 saturated heterocycles. The quantitative estimate of drug-likeness (QED) is 0.0949. The maximum absolute atomic E-state index is 13.6. The Morgan fingerprint density at radius 1 is 0.848 bits per heavy atom. The number of esters is 1. The van der Waals surface area contributed by atoms with Crippen molar-refractivity contribution in [2.75, 3.05) is 13.2 Å². The number of aliphatic hydroxyl groups is 1. The van der Waals surface area contributed by atoms with E-state index >= 15 is 0 Å². The van der Waals surface area contributed by atoms with Crippen LogP contribution < -0.4 is 0 Å². The second-order valence-electron chi connectivity index (χ2n) is 11.5. The van der Waals surface area contributed by atoms with Crippen LogP contribution in [0.3, 0.4) is 0 Å². The summed E-state index contributed by atoms with van der Waals surface area (Å²) in [5.41, 5.74) is -7.29. The van der Waals surface area contributed by atoms with Crippen LogP contribution in [0.15, 0.2) is 26.7 Å². The SMILES string of the molecule is CCOC(=O)c1conc1C1(F)CC1.O/N=C/C1(F)CC1.O=C(O)C1(F)CC1.O=C(O)c1conc1C1(F)CC1.OCC1(F)CC1. The summed E-state index contributed by atoms with van der Waals surface area (Å²) < 4.78 is 76.8. The van der Waals surface area contributed by atoms with Crippen LogP contribution in [0.2, 0.25) is 0 Å². The van der Waals surface area contributed by atoms with Crippen molar-refractivity contribution in [2.45, 2.75) is 99.5 Å². The van der Waals surface area contributed by atoms with Crippen LogP contribution in [0.25, 0.3) is 0 Å². The molecule has 0 bridgehead atoms. The minimum absolute atomic E-state index is 0.0741. The van der Waals surface area contributed by atoms with E-state index in [0.29, 0.717) is 51.4 Å². The minimum atomic E-state index is -1.83. The summed E-state index contributed by atoms with van der Waals surface area (Å²) in [5.74, 6) is -3.09. The van der Waals surface area contributed by atoms with E-state index < -0.39 is 46.3 Å². The molecule has 0 atom stereocenters. The second kappa shape index (κ2) is 14.1. The lowest BCUT2D eigenvalue weighted by atomic mass is 10.1. The van der Waals surface area contributed by atoms with E-state index in [-0.39, 0.29) is 48.6 Å². The molecular formula is C28H34F5N3O10. The standard InChI is InChI=1S/C9H10FNO3.C7H6FNO3.C4H6FNO.C4H5FO2.C4H7FO/c1-2-13-8(12)6-5-14-11-7(6)9(10)3-4-9;8-7(1-2-7)5-4(6(10)11)3-12-9-5;5-4(1-2-4)3-6-7;5-4(1-2-4)3(6)7;5-4(3-6)1-2-4/h5H,2-4H2,1H3;3H,1-2H2,(H,10,11);3,7H,1-2H2;1-2H2,(H,6,7);6H,1-3H2/b;;6-3+;;. The van der Waals surface area contributed by atoms with Crippen molar-refractivity contribution in [2.24, 2.45) is 5.16 Å². The lowest BCUT2D eigenvalue weighted by molar-refractivity contribution is -0.144. The molecule has 0 amide bonds. The zero-order chi connectivity index (χ0) is 34.4. The zero-order valence-corrected chi connectivity index (χ0v) is 24.7. The Kier molecular flexibility index (Phi) is 11.2. The lowest BCUT2D eigenvalue weighted by Gasteiger charge is -2.02. The number of aliphatic carboxylic acids is 1. The highest BCUT2D eigenvalue weighted by atomic mass is 19.2. The van der Waals surface area contributed by atoms with Crippen molar-refractivity contribution in [3.63, 3.8) is 0 Å². The van der Waals surface area contributed by atoms with Gasteiger partial charge in [0.1, 0.15) is 46.4 Å². The Balaban J connectivity index is 0.000000163. The minimum Gasteiger partial charge on any atom is -0.479 e. The number of carboxylic acids is 2. The topological polar surface area (TPSA) is 206 Å². The van der Waals surface area contributed by atoms with Gasteiger partial charge in [0.2, 0.25) is 5.67 Å². The smallest absolute Gasteiger partial charge is 0.343 e. The van der Waals surface area contributed by atoms with Crippen LogP contribution in [0.5, 0.6) is 0 Å². The van der Waals surface area contributed by atoms with Gasteiger partial charge in [-0.15, -0.1) is 0 Å². The van der Waals surface area contributed by atoms with Gasteiger partial charge in [-0.05, 0) is 71.1 Å². The van der Waals surface area contributed by atoms with Crippen LogP contribution in [-0.4, -0.2) is 85.2 Å². The molecule has 7 rings (SSSR count). The zero-order valence-electron chi connectivity index (χ0n) is 24.7. The van der Waals surface area contributed by atoms with Crippen LogP contribution in [0.1, 0.15) is 103 Å². The monoisotopic (exact) mass is 667 g/mol. The number of rotatable bonds is 8. The van der Waals surface area contributed by atoms with Gasteiger partial charge in [-0.25, -0.2) is 36.3 Å². The number of aromatic nitrogens is 2. The summed E-state index contributed by atoms with van der Waals surface area (Å²) in [6.07, 6.45) is 7.01. The fourth-order valence-corrected chi connectivity index (χ4v) is 3.29. The molecule has 2 aromatic heterocycles. The number of carbonyl (C=O) groups is 3. The van der Waals surface area contributed by atoms with Crippen LogP contribution >= 0.6 is 0 Å². The predicted octanol–water partition coefficient (Wildman–Crippen LogP) is 5.14. The molecular weight excluding hydrogens is 633 g/mol. The second-order valence-corrected chi connectivity index (χ2v) is 11.5. The average Bonchev–Trinajstić information content (AvgIpc) is 3.89. The lowest BCUT2D eigenvalue weighted by Crippen LogP contribution is -2.14. The van der Waals surface area contributed by atoms with E-state index in [1.54, 1.807) is 6.92 Å². The Morgan fingerprint density at radius 2 is 1.33 bits per heavy atom. The largest absolute Gasteiger partial charge is 0.479 e. The van der Waals surface area contributed by atoms with Gasteiger partial charge in [0.25, 0.3) is 0 Å². The molecule has 0 unspecified atom stereocenters. The number of hydrogen-bond acceptors (Lipinski definition) is 11. The highest BCUT2D eigenvalue weighted by molar-refractivity contribution is 5.90. The highest BCUT2D eigenvalue weighted by Gasteiger charge is 2.52. The van der Waals surface area contributed by atoms with Crippen LogP contribution in [0, 0.1) is 0 Å². The number of aromatic carboxylic acids is 1. The van der Waals surface area contributed by atoms with Gasteiger partial charge in [0.05, 0.1) is 19.4 Å². The number of carboxylic acid groups (broad SMARTS) is 2. The Bertz CT molecular complexity index is 1390. The molecule has 4 N–H and O–H groups in total. The van der Waals surface area contributed by atoms with Crippen molar-refractivity contribution < 1.29 is 70.6 Å². The van der Waals surface area contributed by atoms with Gasteiger partial charge < -0.3 is 34.3 Å². The summed E-state index contributed by atoms with van der Waals surface area (Å²) in [6, 6.07) is 0. The van der Waals surface area contributed by atoms with Crippen LogP contribution in [0.4, 0.5) is 22.0 Å². The molecule has 0 radical (unpaired) electrons. The first-order chi connectivity index (χ1) is 21.5. The molecule has 5 aliphatic rings. The van der Waals surface area contributed by atoms with Crippen molar-refractivity contribution in [3.05, 3.63) is 35.0 Å². The van der Waals surface area contributed by atoms with Crippen molar-refractivity contribution in [3.8, 4) is 0 Å². The summed E-state index contributed by atoms with van der Waals surface area (Å²) in [7, 11) is 0. The van der Waals surface area contributed by atoms with Gasteiger partial charge in [-0.3, -0.25) is 0 Å². The first-order valence-corrected chi connectivity index (χ1v) is 14.3. The van der Waals surface area contributed by atoms with Crippen molar-refractivity contribution in [1.82, 2.24) is 10.3 Å². The summed E-state index contributed by atoms with van der Waals surface area (Å²) >= 11 is 0. The third kappa shape index (κ3) is 10.2. The number of halogens is 5. The fourth-order valence-electron chi connectivity index (χ4n) is 3.29. The summed E-state index contributed by atoms with van der Waals surface area (Å²) in [6.45, 7) is 1.66. The van der Waals surface area contributed by atoms with E-state index in [2.05, 4.69) is 24.5 Å². The molecule has 5 saturated carbocycles.